The summed E-state index contributed by atoms with van der Waals surface area (Å²) in [5.74, 6) is 5.03. The smallest absolute Gasteiger partial charge is 0.0540 e. The molecule has 0 amide bonds. The molecule has 0 spiro atoms. The average Bonchev–Trinajstić information content (AvgIpc) is 2.32. The van der Waals surface area contributed by atoms with Gasteiger partial charge in [0, 0.05) is 6.54 Å². The summed E-state index contributed by atoms with van der Waals surface area (Å²) in [6.45, 7) is 3.05. The highest BCUT2D eigenvalue weighted by atomic mass is 16.3. The van der Waals surface area contributed by atoms with Crippen LogP contribution in [-0.2, 0) is 0 Å². The van der Waals surface area contributed by atoms with E-state index in [0.29, 0.717) is 0 Å². The fraction of sp³-hybridized carbons (Fsp3) is 1.00. The van der Waals surface area contributed by atoms with Gasteiger partial charge in [0.05, 0.1) is 6.10 Å². The van der Waals surface area contributed by atoms with Crippen LogP contribution in [-0.4, -0.2) is 17.8 Å². The summed E-state index contributed by atoms with van der Waals surface area (Å²) in [5, 5.41) is 9.54. The van der Waals surface area contributed by atoms with E-state index in [1.807, 2.05) is 0 Å². The Morgan fingerprint density at radius 1 is 1.00 bits per heavy atom. The lowest BCUT2D eigenvalue weighted by molar-refractivity contribution is 0.150. The van der Waals surface area contributed by atoms with E-state index in [1.165, 1.54) is 25.7 Å². The summed E-state index contributed by atoms with van der Waals surface area (Å²) in [6.07, 6.45) is 10.3. The molecule has 0 aromatic heterocycles. The van der Waals surface area contributed by atoms with Gasteiger partial charge in [0.25, 0.3) is 0 Å². The lowest BCUT2D eigenvalue weighted by atomic mass is 10.0. The van der Waals surface area contributed by atoms with Crippen LogP contribution in [0, 0.1) is 0 Å². The van der Waals surface area contributed by atoms with Crippen LogP contribution in [0.15, 0.2) is 0 Å². The van der Waals surface area contributed by atoms with E-state index in [1.54, 1.807) is 0 Å². The number of aliphatic hydroxyl groups is 1. The molecular weight excluding hydrogens is 216 g/mol. The Labute approximate surface area is 105 Å². The Balaban J connectivity index is 2.98. The van der Waals surface area contributed by atoms with Crippen LogP contribution >= 0.6 is 0 Å². The maximum absolute atomic E-state index is 9.54. The first kappa shape index (κ1) is 16.8. The minimum atomic E-state index is -0.0703. The van der Waals surface area contributed by atoms with Crippen LogP contribution in [0.4, 0.5) is 0 Å². The van der Waals surface area contributed by atoms with Crippen molar-refractivity contribution in [3.63, 3.8) is 0 Å². The zero-order valence-corrected chi connectivity index (χ0v) is 11.2. The van der Waals surface area contributed by atoms with Crippen molar-refractivity contribution in [3.8, 4) is 0 Å². The highest BCUT2D eigenvalue weighted by Crippen LogP contribution is 2.10. The van der Waals surface area contributed by atoms with Crippen molar-refractivity contribution in [1.29, 1.82) is 0 Å². The molecule has 0 saturated heterocycles. The fourth-order valence-electron chi connectivity index (χ4n) is 1.89. The van der Waals surface area contributed by atoms with Gasteiger partial charge in [-0.15, -0.1) is 0 Å². The van der Waals surface area contributed by atoms with Crippen LogP contribution in [0.25, 0.3) is 0 Å². The predicted octanol–water partition coefficient (Wildman–Crippen LogP) is 1.35. The summed E-state index contributed by atoms with van der Waals surface area (Å²) < 4.78 is 0. The maximum atomic E-state index is 9.54. The summed E-state index contributed by atoms with van der Waals surface area (Å²) in [5.41, 5.74) is 7.90. The van der Waals surface area contributed by atoms with Gasteiger partial charge < -0.3 is 5.11 Å². The molecule has 0 heterocycles. The number of hydrogen-bond donors (Lipinski definition) is 5. The maximum Gasteiger partial charge on any atom is 0.0540 e. The monoisotopic (exact) mass is 246 g/mol. The van der Waals surface area contributed by atoms with Gasteiger partial charge in [-0.3, -0.25) is 5.84 Å². The van der Waals surface area contributed by atoms with Crippen LogP contribution in [0.5, 0.6) is 0 Å². The van der Waals surface area contributed by atoms with Crippen LogP contribution < -0.4 is 22.3 Å². The quantitative estimate of drug-likeness (QED) is 0.192. The minimum absolute atomic E-state index is 0.0703. The van der Waals surface area contributed by atoms with E-state index in [2.05, 4.69) is 23.4 Å². The van der Waals surface area contributed by atoms with Gasteiger partial charge in [-0.25, -0.2) is 5.43 Å². The Morgan fingerprint density at radius 3 is 2.29 bits per heavy atom. The predicted molar refractivity (Wildman–Crippen MR) is 71.7 cm³/mol. The lowest BCUT2D eigenvalue weighted by Crippen LogP contribution is -2.47. The van der Waals surface area contributed by atoms with Gasteiger partial charge in [0.2, 0.25) is 0 Å². The van der Waals surface area contributed by atoms with Crippen LogP contribution in [0.3, 0.4) is 0 Å². The summed E-state index contributed by atoms with van der Waals surface area (Å²) >= 11 is 0. The third-order valence-electron chi connectivity index (χ3n) is 2.87. The van der Waals surface area contributed by atoms with E-state index >= 15 is 0 Å². The number of hydrogen-bond acceptors (Lipinski definition) is 5. The van der Waals surface area contributed by atoms with Crippen molar-refractivity contribution in [3.05, 3.63) is 0 Å². The third-order valence-corrected chi connectivity index (χ3v) is 2.87. The van der Waals surface area contributed by atoms with E-state index < -0.39 is 0 Å². The highest BCUT2D eigenvalue weighted by Gasteiger charge is 2.01. The van der Waals surface area contributed by atoms with Crippen molar-refractivity contribution in [2.24, 2.45) is 5.84 Å². The molecule has 6 N–H and O–H groups in total. The molecular formula is C12H30N4O. The van der Waals surface area contributed by atoms with Crippen molar-refractivity contribution < 1.29 is 5.11 Å². The van der Waals surface area contributed by atoms with E-state index in [4.69, 9.17) is 5.84 Å². The first-order valence-corrected chi connectivity index (χ1v) is 6.92. The average molecular weight is 246 g/mol. The molecule has 1 unspecified atom stereocenters. The first-order chi connectivity index (χ1) is 8.31. The molecule has 1 atom stereocenters. The number of unbranched alkanes of at least 4 members (excludes halogenated alkanes) is 5. The standard InChI is InChI=1S/C12H30N4O/c1-2-9-12(17)10-7-5-3-4-6-8-11-14-16-15-13/h12,14-17H,2-11,13H2,1H3. The van der Waals surface area contributed by atoms with Gasteiger partial charge in [0.1, 0.15) is 0 Å². The molecule has 0 bridgehead atoms. The van der Waals surface area contributed by atoms with Gasteiger partial charge >= 0.3 is 0 Å². The summed E-state index contributed by atoms with van der Waals surface area (Å²) in [4.78, 5) is 0. The third kappa shape index (κ3) is 13.7. The first-order valence-electron chi connectivity index (χ1n) is 6.92. The number of nitrogens with one attached hydrogen (secondary N) is 3. The molecule has 5 heteroatoms. The molecule has 0 aliphatic heterocycles. The fourth-order valence-corrected chi connectivity index (χ4v) is 1.89. The molecule has 0 fully saturated rings. The zero-order chi connectivity index (χ0) is 12.8. The van der Waals surface area contributed by atoms with E-state index in [-0.39, 0.29) is 6.10 Å². The second-order valence-corrected chi connectivity index (χ2v) is 4.55. The van der Waals surface area contributed by atoms with Crippen LogP contribution in [0.2, 0.25) is 0 Å². The SMILES string of the molecule is CCCC(O)CCCCCCCCNNNN. The zero-order valence-electron chi connectivity index (χ0n) is 11.2. The van der Waals surface area contributed by atoms with Crippen LogP contribution in [0.1, 0.15) is 64.7 Å². The van der Waals surface area contributed by atoms with E-state index in [0.717, 1.165) is 38.6 Å². The van der Waals surface area contributed by atoms with Gasteiger partial charge in [-0.1, -0.05) is 45.4 Å². The second-order valence-electron chi connectivity index (χ2n) is 4.55. The molecule has 0 radical (unpaired) electrons. The normalized spacial score (nSPS) is 12.9. The number of rotatable bonds is 13. The van der Waals surface area contributed by atoms with Gasteiger partial charge in [-0.05, 0) is 19.3 Å². The molecule has 5 nitrogen and oxygen atoms in total. The number of nitrogens with two attached hydrogens (primary N) is 1. The summed E-state index contributed by atoms with van der Waals surface area (Å²) in [7, 11) is 0. The number of aliphatic hydroxyl groups excluding tert-OH is 1. The Kier molecular flexibility index (Phi) is 13.7. The van der Waals surface area contributed by atoms with Gasteiger partial charge in [0.15, 0.2) is 0 Å². The molecule has 0 aliphatic carbocycles. The molecule has 17 heavy (non-hydrogen) atoms. The topological polar surface area (TPSA) is 82.3 Å². The second kappa shape index (κ2) is 13.9. The van der Waals surface area contributed by atoms with Crippen molar-refractivity contribution in [2.45, 2.75) is 70.8 Å². The summed E-state index contributed by atoms with van der Waals surface area (Å²) in [6, 6.07) is 0. The molecule has 0 aromatic rings. The molecule has 104 valence electrons. The highest BCUT2D eigenvalue weighted by molar-refractivity contribution is 4.55. The van der Waals surface area contributed by atoms with Crippen molar-refractivity contribution >= 4 is 0 Å². The molecule has 0 aromatic carbocycles. The minimum Gasteiger partial charge on any atom is -0.393 e. The van der Waals surface area contributed by atoms with E-state index in [9.17, 15) is 5.11 Å². The number of hydrazine groups is 3. The molecule has 0 rings (SSSR count). The lowest BCUT2D eigenvalue weighted by Gasteiger charge is -2.08. The Hall–Kier alpha value is -0.200. The molecule has 0 saturated carbocycles. The van der Waals surface area contributed by atoms with Crippen molar-refractivity contribution in [1.82, 2.24) is 16.5 Å². The largest absolute Gasteiger partial charge is 0.393 e. The molecule has 0 aliphatic rings. The Bertz CT molecular complexity index is 146. The van der Waals surface area contributed by atoms with Crippen molar-refractivity contribution in [2.75, 3.05) is 6.54 Å². The van der Waals surface area contributed by atoms with Gasteiger partial charge in [-0.2, -0.15) is 11.1 Å². The Morgan fingerprint density at radius 2 is 1.65 bits per heavy atom.